The lowest BCUT2D eigenvalue weighted by atomic mass is 10.0. The molecule has 0 aliphatic heterocycles. The summed E-state index contributed by atoms with van der Waals surface area (Å²) in [6.45, 7) is -0.195. The van der Waals surface area contributed by atoms with E-state index in [1.165, 1.54) is 23.7 Å². The van der Waals surface area contributed by atoms with E-state index in [1.54, 1.807) is 48.4 Å². The Kier molecular flexibility index (Phi) is 5.68. The summed E-state index contributed by atoms with van der Waals surface area (Å²) in [7, 11) is 0. The third kappa shape index (κ3) is 4.07. The standard InChI is InChI=1S/C19H20ClN5O2S/c20-14-8-4-5-9-15(14)22-16(26)12-25-19(27)24-11-10-21-18(17(24)23-25)28-13-6-2-1-3-7-13/h4-5,8-11,13H,1-3,6-7,12H2,(H,22,26). The molecule has 0 unspecified atom stereocenters. The zero-order valence-electron chi connectivity index (χ0n) is 15.2. The Morgan fingerprint density at radius 1 is 1.25 bits per heavy atom. The molecular formula is C19H20ClN5O2S. The van der Waals surface area contributed by atoms with Gasteiger partial charge < -0.3 is 5.32 Å². The summed E-state index contributed by atoms with van der Waals surface area (Å²) < 4.78 is 2.61. The van der Waals surface area contributed by atoms with Crippen LogP contribution in [0.5, 0.6) is 0 Å². The minimum absolute atomic E-state index is 0.195. The number of amides is 1. The average molecular weight is 418 g/mol. The Morgan fingerprint density at radius 2 is 2.04 bits per heavy atom. The van der Waals surface area contributed by atoms with Crippen LogP contribution in [0.3, 0.4) is 0 Å². The molecule has 146 valence electrons. The Bertz CT molecular complexity index is 1060. The van der Waals surface area contributed by atoms with Crippen molar-refractivity contribution in [2.45, 2.75) is 48.9 Å². The lowest BCUT2D eigenvalue weighted by Gasteiger charge is -2.20. The van der Waals surface area contributed by atoms with Crippen molar-refractivity contribution in [3.63, 3.8) is 0 Å². The Morgan fingerprint density at radius 3 is 2.82 bits per heavy atom. The van der Waals surface area contributed by atoms with Crippen LogP contribution in [0.1, 0.15) is 32.1 Å². The minimum Gasteiger partial charge on any atom is -0.323 e. The van der Waals surface area contributed by atoms with E-state index in [0.717, 1.165) is 22.5 Å². The van der Waals surface area contributed by atoms with Gasteiger partial charge in [-0.2, -0.15) is 0 Å². The Balaban J connectivity index is 1.55. The molecular weight excluding hydrogens is 398 g/mol. The van der Waals surface area contributed by atoms with Crippen molar-refractivity contribution in [1.82, 2.24) is 19.2 Å². The second-order valence-corrected chi connectivity index (χ2v) is 8.47. The maximum atomic E-state index is 12.6. The molecule has 0 saturated heterocycles. The van der Waals surface area contributed by atoms with E-state index in [2.05, 4.69) is 15.4 Å². The highest BCUT2D eigenvalue weighted by Crippen LogP contribution is 2.33. The van der Waals surface area contributed by atoms with Crippen LogP contribution in [-0.2, 0) is 11.3 Å². The molecule has 2 heterocycles. The number of thioether (sulfide) groups is 1. The van der Waals surface area contributed by atoms with E-state index in [1.807, 2.05) is 0 Å². The quantitative estimate of drug-likeness (QED) is 0.685. The number of para-hydroxylation sites is 1. The molecule has 28 heavy (non-hydrogen) atoms. The number of halogens is 1. The molecule has 4 rings (SSSR count). The summed E-state index contributed by atoms with van der Waals surface area (Å²) in [4.78, 5) is 29.4. The Labute approximate surface area is 171 Å². The summed E-state index contributed by atoms with van der Waals surface area (Å²) in [6, 6.07) is 6.95. The molecule has 3 aromatic rings. The zero-order chi connectivity index (χ0) is 19.5. The maximum Gasteiger partial charge on any atom is 0.350 e. The van der Waals surface area contributed by atoms with Crippen LogP contribution in [0.25, 0.3) is 5.65 Å². The fourth-order valence-corrected chi connectivity index (χ4v) is 4.78. The first kappa shape index (κ1) is 19.0. The molecule has 0 spiro atoms. The topological polar surface area (TPSA) is 81.3 Å². The summed E-state index contributed by atoms with van der Waals surface area (Å²) in [5.41, 5.74) is 0.631. The van der Waals surface area contributed by atoms with Crippen LogP contribution in [0, 0.1) is 0 Å². The van der Waals surface area contributed by atoms with Crippen molar-refractivity contribution >= 4 is 40.6 Å². The monoisotopic (exact) mass is 417 g/mol. The number of hydrogen-bond acceptors (Lipinski definition) is 5. The van der Waals surface area contributed by atoms with Crippen molar-refractivity contribution < 1.29 is 4.79 Å². The van der Waals surface area contributed by atoms with Gasteiger partial charge in [0.25, 0.3) is 0 Å². The van der Waals surface area contributed by atoms with Crippen molar-refractivity contribution in [3.8, 4) is 0 Å². The third-order valence-corrected chi connectivity index (χ3v) is 6.39. The highest BCUT2D eigenvalue weighted by atomic mass is 35.5. The number of nitrogens with zero attached hydrogens (tertiary/aromatic N) is 4. The predicted octanol–water partition coefficient (Wildman–Crippen LogP) is 3.61. The lowest BCUT2D eigenvalue weighted by molar-refractivity contribution is -0.117. The van der Waals surface area contributed by atoms with E-state index in [9.17, 15) is 9.59 Å². The largest absolute Gasteiger partial charge is 0.350 e. The fourth-order valence-electron chi connectivity index (χ4n) is 3.34. The zero-order valence-corrected chi connectivity index (χ0v) is 16.7. The second-order valence-electron chi connectivity index (χ2n) is 6.77. The molecule has 1 aliphatic carbocycles. The summed E-state index contributed by atoms with van der Waals surface area (Å²) in [5, 5.41) is 8.75. The first-order chi connectivity index (χ1) is 13.6. The Hall–Kier alpha value is -2.32. The first-order valence-corrected chi connectivity index (χ1v) is 10.5. The maximum absolute atomic E-state index is 12.6. The molecule has 1 fully saturated rings. The number of nitrogens with one attached hydrogen (secondary N) is 1. The van der Waals surface area contributed by atoms with E-state index < -0.39 is 0 Å². The molecule has 1 N–H and O–H groups in total. The van der Waals surface area contributed by atoms with Crippen molar-refractivity contribution in [2.75, 3.05) is 5.32 Å². The summed E-state index contributed by atoms with van der Waals surface area (Å²) in [5.74, 6) is -0.368. The van der Waals surface area contributed by atoms with Gasteiger partial charge in [-0.25, -0.2) is 18.9 Å². The number of rotatable bonds is 5. The van der Waals surface area contributed by atoms with Gasteiger partial charge in [0, 0.05) is 17.6 Å². The predicted molar refractivity (Wildman–Crippen MR) is 110 cm³/mol. The van der Waals surface area contributed by atoms with E-state index >= 15 is 0 Å². The van der Waals surface area contributed by atoms with E-state index in [4.69, 9.17) is 11.6 Å². The molecule has 0 bridgehead atoms. The number of anilines is 1. The first-order valence-electron chi connectivity index (χ1n) is 9.27. The average Bonchev–Trinajstić information content (AvgIpc) is 3.01. The van der Waals surface area contributed by atoms with Crippen molar-refractivity contribution in [3.05, 3.63) is 52.2 Å². The summed E-state index contributed by atoms with van der Waals surface area (Å²) >= 11 is 7.74. The van der Waals surface area contributed by atoms with Gasteiger partial charge in [0.2, 0.25) is 5.91 Å². The number of carbonyl (C=O) groups excluding carboxylic acids is 1. The van der Waals surface area contributed by atoms with Gasteiger partial charge in [-0.05, 0) is 25.0 Å². The molecule has 0 atom stereocenters. The smallest absolute Gasteiger partial charge is 0.323 e. The SMILES string of the molecule is O=C(Cn1nc2c(SC3CCCCC3)nccn2c1=O)Nc1ccccc1Cl. The minimum atomic E-state index is -0.368. The summed E-state index contributed by atoms with van der Waals surface area (Å²) in [6.07, 6.45) is 9.22. The van der Waals surface area contributed by atoms with Crippen LogP contribution >= 0.6 is 23.4 Å². The van der Waals surface area contributed by atoms with Crippen LogP contribution in [0.15, 0.2) is 46.5 Å². The lowest BCUT2D eigenvalue weighted by Crippen LogP contribution is -2.28. The van der Waals surface area contributed by atoms with Gasteiger partial charge in [0.1, 0.15) is 11.6 Å². The second kappa shape index (κ2) is 8.36. The molecule has 2 aromatic heterocycles. The van der Waals surface area contributed by atoms with Crippen LogP contribution in [0.4, 0.5) is 5.69 Å². The molecule has 1 amide bonds. The van der Waals surface area contributed by atoms with Crippen LogP contribution in [0.2, 0.25) is 5.02 Å². The van der Waals surface area contributed by atoms with Gasteiger partial charge in [-0.1, -0.05) is 54.8 Å². The van der Waals surface area contributed by atoms with Crippen molar-refractivity contribution in [1.29, 1.82) is 0 Å². The third-order valence-electron chi connectivity index (χ3n) is 4.74. The van der Waals surface area contributed by atoms with Gasteiger partial charge in [0.05, 0.1) is 10.7 Å². The number of benzene rings is 1. The van der Waals surface area contributed by atoms with Gasteiger partial charge in [0.15, 0.2) is 5.65 Å². The highest BCUT2D eigenvalue weighted by molar-refractivity contribution is 8.00. The number of aromatic nitrogens is 4. The van der Waals surface area contributed by atoms with E-state index in [-0.39, 0.29) is 18.1 Å². The molecule has 7 nitrogen and oxygen atoms in total. The fraction of sp³-hybridized carbons (Fsp3) is 0.368. The molecule has 0 radical (unpaired) electrons. The van der Waals surface area contributed by atoms with Crippen LogP contribution in [-0.4, -0.2) is 30.3 Å². The van der Waals surface area contributed by atoms with Gasteiger partial charge >= 0.3 is 5.69 Å². The van der Waals surface area contributed by atoms with Crippen LogP contribution < -0.4 is 11.0 Å². The highest BCUT2D eigenvalue weighted by Gasteiger charge is 2.20. The molecule has 1 saturated carbocycles. The number of fused-ring (bicyclic) bond motifs is 1. The molecule has 1 aromatic carbocycles. The van der Waals surface area contributed by atoms with Crippen molar-refractivity contribution in [2.24, 2.45) is 0 Å². The molecule has 9 heteroatoms. The number of carbonyl (C=O) groups is 1. The van der Waals surface area contributed by atoms with Gasteiger partial charge in [-0.3, -0.25) is 4.79 Å². The molecule has 1 aliphatic rings. The number of hydrogen-bond donors (Lipinski definition) is 1. The van der Waals surface area contributed by atoms with E-state index in [0.29, 0.717) is 21.6 Å². The van der Waals surface area contributed by atoms with Gasteiger partial charge in [-0.15, -0.1) is 5.10 Å². The normalized spacial score (nSPS) is 15.0.